The Balaban J connectivity index is 1.76. The van der Waals surface area contributed by atoms with E-state index in [1.807, 2.05) is 74.5 Å². The molecule has 0 aliphatic heterocycles. The largest absolute Gasteiger partial charge is 0.462 e. The molecule has 6 nitrogen and oxygen atoms in total. The summed E-state index contributed by atoms with van der Waals surface area (Å²) in [7, 11) is 0. The highest BCUT2D eigenvalue weighted by molar-refractivity contribution is 6.02. The highest BCUT2D eigenvalue weighted by atomic mass is 16.5. The van der Waals surface area contributed by atoms with Gasteiger partial charge in [-0.3, -0.25) is 4.79 Å². The Kier molecular flexibility index (Phi) is 9.58. The fourth-order valence-corrected chi connectivity index (χ4v) is 3.67. The zero-order chi connectivity index (χ0) is 25.1. The summed E-state index contributed by atoms with van der Waals surface area (Å²) in [5, 5.41) is 2.88. The molecule has 3 rings (SSSR count). The maximum Gasteiger partial charge on any atom is 0.340 e. The summed E-state index contributed by atoms with van der Waals surface area (Å²) in [6.45, 7) is 6.85. The Morgan fingerprint density at radius 3 is 2.03 bits per heavy atom. The van der Waals surface area contributed by atoms with Crippen LogP contribution in [0.15, 0.2) is 84.9 Å². The summed E-state index contributed by atoms with van der Waals surface area (Å²) in [6.07, 6.45) is -0.839. The molecule has 0 bridgehead atoms. The third-order valence-electron chi connectivity index (χ3n) is 5.47. The van der Waals surface area contributed by atoms with Crippen LogP contribution in [0.5, 0.6) is 0 Å². The normalized spacial score (nSPS) is 12.1. The Bertz CT molecular complexity index is 1080. The summed E-state index contributed by atoms with van der Waals surface area (Å²) in [5.74, 6) is -0.846. The lowest BCUT2D eigenvalue weighted by Crippen LogP contribution is -2.45. The van der Waals surface area contributed by atoms with E-state index in [2.05, 4.69) is 5.32 Å². The zero-order valence-corrected chi connectivity index (χ0v) is 20.5. The van der Waals surface area contributed by atoms with Crippen molar-refractivity contribution in [2.45, 2.75) is 40.1 Å². The van der Waals surface area contributed by atoms with Gasteiger partial charge in [0, 0.05) is 5.41 Å². The summed E-state index contributed by atoms with van der Waals surface area (Å²) in [5.41, 5.74) is 2.02. The lowest BCUT2D eigenvalue weighted by atomic mass is 9.86. The molecule has 1 amide bonds. The van der Waals surface area contributed by atoms with Gasteiger partial charge in [-0.2, -0.15) is 0 Å². The van der Waals surface area contributed by atoms with Crippen LogP contribution in [0.4, 0.5) is 5.69 Å². The standard InChI is InChI=1S/C29H33NO5/c1-4-34-28(32)24-17-11-12-18-25(24)30-27(31)26(35-20-23-15-9-6-10-16-23)29(2,3)21-33-19-22-13-7-5-8-14-22/h5-18,26H,4,19-21H2,1-3H3,(H,30,31). The van der Waals surface area contributed by atoms with E-state index in [9.17, 15) is 9.59 Å². The second kappa shape index (κ2) is 12.8. The number of benzene rings is 3. The van der Waals surface area contributed by atoms with Crippen molar-refractivity contribution in [2.75, 3.05) is 18.5 Å². The van der Waals surface area contributed by atoms with Crippen molar-refractivity contribution in [3.05, 3.63) is 102 Å². The fraction of sp³-hybridized carbons (Fsp3) is 0.310. The summed E-state index contributed by atoms with van der Waals surface area (Å²) in [4.78, 5) is 25.9. The Labute approximate surface area is 207 Å². The maximum atomic E-state index is 13.5. The average Bonchev–Trinajstić information content (AvgIpc) is 2.85. The van der Waals surface area contributed by atoms with E-state index in [1.54, 1.807) is 31.2 Å². The molecule has 1 unspecified atom stereocenters. The van der Waals surface area contributed by atoms with E-state index in [-0.39, 0.29) is 19.1 Å². The van der Waals surface area contributed by atoms with E-state index in [4.69, 9.17) is 14.2 Å². The average molecular weight is 476 g/mol. The Morgan fingerprint density at radius 2 is 1.40 bits per heavy atom. The molecule has 35 heavy (non-hydrogen) atoms. The number of hydrogen-bond donors (Lipinski definition) is 1. The van der Waals surface area contributed by atoms with Crippen molar-refractivity contribution in [2.24, 2.45) is 5.41 Å². The first-order chi connectivity index (χ1) is 16.9. The number of ether oxygens (including phenoxy) is 3. The molecule has 0 fully saturated rings. The van der Waals surface area contributed by atoms with Crippen LogP contribution in [0.1, 0.15) is 42.3 Å². The Hall–Kier alpha value is -3.48. The number of anilines is 1. The van der Waals surface area contributed by atoms with Crippen molar-refractivity contribution in [1.29, 1.82) is 0 Å². The number of rotatable bonds is 12. The highest BCUT2D eigenvalue weighted by Gasteiger charge is 2.37. The van der Waals surface area contributed by atoms with Gasteiger partial charge in [0.2, 0.25) is 0 Å². The number of nitrogens with one attached hydrogen (secondary N) is 1. The van der Waals surface area contributed by atoms with Crippen molar-refractivity contribution in [1.82, 2.24) is 0 Å². The third kappa shape index (κ3) is 7.77. The first-order valence-electron chi connectivity index (χ1n) is 11.7. The van der Waals surface area contributed by atoms with Gasteiger partial charge < -0.3 is 19.5 Å². The van der Waals surface area contributed by atoms with Gasteiger partial charge in [0.1, 0.15) is 6.10 Å². The van der Waals surface area contributed by atoms with Crippen LogP contribution in [-0.2, 0) is 32.2 Å². The summed E-state index contributed by atoms with van der Waals surface area (Å²) >= 11 is 0. The number of carbonyl (C=O) groups is 2. The van der Waals surface area contributed by atoms with E-state index in [1.165, 1.54) is 0 Å². The van der Waals surface area contributed by atoms with Gasteiger partial charge in [-0.1, -0.05) is 86.6 Å². The molecule has 0 aliphatic carbocycles. The summed E-state index contributed by atoms with van der Waals surface area (Å²) < 4.78 is 17.3. The van der Waals surface area contributed by atoms with Gasteiger partial charge in [-0.05, 0) is 30.2 Å². The molecule has 0 spiro atoms. The van der Waals surface area contributed by atoms with Crippen molar-refractivity contribution >= 4 is 17.6 Å². The SMILES string of the molecule is CCOC(=O)c1ccccc1NC(=O)C(OCc1ccccc1)C(C)(C)COCc1ccccc1. The van der Waals surface area contributed by atoms with Crippen molar-refractivity contribution < 1.29 is 23.8 Å². The number of hydrogen-bond acceptors (Lipinski definition) is 5. The van der Waals surface area contributed by atoms with Gasteiger partial charge in [0.05, 0.1) is 37.7 Å². The molecule has 0 radical (unpaired) electrons. The smallest absolute Gasteiger partial charge is 0.340 e. The third-order valence-corrected chi connectivity index (χ3v) is 5.47. The number of amides is 1. The minimum atomic E-state index is -0.839. The van der Waals surface area contributed by atoms with Crippen LogP contribution in [0.3, 0.4) is 0 Å². The minimum Gasteiger partial charge on any atom is -0.462 e. The molecular weight excluding hydrogens is 442 g/mol. The van der Waals surface area contributed by atoms with Crippen molar-refractivity contribution in [3.8, 4) is 0 Å². The topological polar surface area (TPSA) is 73.9 Å². The predicted molar refractivity (Wildman–Crippen MR) is 136 cm³/mol. The Morgan fingerprint density at radius 1 is 0.829 bits per heavy atom. The lowest BCUT2D eigenvalue weighted by molar-refractivity contribution is -0.141. The van der Waals surface area contributed by atoms with Crippen LogP contribution in [0, 0.1) is 5.41 Å². The highest BCUT2D eigenvalue weighted by Crippen LogP contribution is 2.28. The molecule has 3 aromatic rings. The summed E-state index contributed by atoms with van der Waals surface area (Å²) in [6, 6.07) is 26.3. The molecule has 0 aliphatic rings. The molecular formula is C29H33NO5. The molecule has 0 aromatic heterocycles. The van der Waals surface area contributed by atoms with Crippen LogP contribution < -0.4 is 5.32 Å². The van der Waals surface area contributed by atoms with E-state index >= 15 is 0 Å². The minimum absolute atomic E-state index is 0.246. The molecule has 184 valence electrons. The van der Waals surface area contributed by atoms with Gasteiger partial charge in [0.25, 0.3) is 5.91 Å². The van der Waals surface area contributed by atoms with E-state index in [0.717, 1.165) is 11.1 Å². The number of para-hydroxylation sites is 1. The fourth-order valence-electron chi connectivity index (χ4n) is 3.67. The van der Waals surface area contributed by atoms with E-state index < -0.39 is 17.5 Å². The second-order valence-corrected chi connectivity index (χ2v) is 8.90. The zero-order valence-electron chi connectivity index (χ0n) is 20.5. The monoisotopic (exact) mass is 475 g/mol. The molecule has 0 heterocycles. The van der Waals surface area contributed by atoms with Crippen LogP contribution in [0.2, 0.25) is 0 Å². The number of esters is 1. The van der Waals surface area contributed by atoms with Gasteiger partial charge in [-0.15, -0.1) is 0 Å². The van der Waals surface area contributed by atoms with Crippen LogP contribution >= 0.6 is 0 Å². The second-order valence-electron chi connectivity index (χ2n) is 8.90. The molecule has 1 N–H and O–H groups in total. The van der Waals surface area contributed by atoms with Gasteiger partial charge in [0.15, 0.2) is 0 Å². The van der Waals surface area contributed by atoms with Crippen LogP contribution in [-0.4, -0.2) is 31.2 Å². The van der Waals surface area contributed by atoms with E-state index in [0.29, 0.717) is 24.5 Å². The lowest BCUT2D eigenvalue weighted by Gasteiger charge is -2.33. The van der Waals surface area contributed by atoms with Gasteiger partial charge >= 0.3 is 5.97 Å². The quantitative estimate of drug-likeness (QED) is 0.344. The van der Waals surface area contributed by atoms with Crippen LogP contribution in [0.25, 0.3) is 0 Å². The maximum absolute atomic E-state index is 13.5. The predicted octanol–water partition coefficient (Wildman–Crippen LogP) is 5.63. The molecule has 0 saturated heterocycles. The first kappa shape index (κ1) is 26.1. The van der Waals surface area contributed by atoms with Crippen molar-refractivity contribution in [3.63, 3.8) is 0 Å². The molecule has 1 atom stereocenters. The molecule has 0 saturated carbocycles. The molecule has 6 heteroatoms. The number of carbonyl (C=O) groups excluding carboxylic acids is 2. The van der Waals surface area contributed by atoms with Gasteiger partial charge in [-0.25, -0.2) is 4.79 Å². The molecule has 3 aromatic carbocycles. The first-order valence-corrected chi connectivity index (χ1v) is 11.7.